The van der Waals surface area contributed by atoms with Gasteiger partial charge in [0, 0.05) is 17.7 Å². The number of H-pyrrole nitrogens is 2. The first-order valence-electron chi connectivity index (χ1n) is 6.68. The fourth-order valence-corrected chi connectivity index (χ4v) is 1.98. The van der Waals surface area contributed by atoms with Crippen molar-refractivity contribution in [3.8, 4) is 0 Å². The molecule has 0 fully saturated rings. The minimum Gasteiger partial charge on any atom is -0.390 e. The van der Waals surface area contributed by atoms with E-state index in [0.717, 1.165) is 5.56 Å². The van der Waals surface area contributed by atoms with Crippen molar-refractivity contribution >= 4 is 0 Å². The van der Waals surface area contributed by atoms with E-state index in [0.29, 0.717) is 17.9 Å². The Morgan fingerprint density at radius 1 is 1.19 bits per heavy atom. The van der Waals surface area contributed by atoms with E-state index >= 15 is 0 Å². The molecule has 6 heteroatoms. The van der Waals surface area contributed by atoms with Gasteiger partial charge in [0.05, 0.1) is 19.3 Å². The van der Waals surface area contributed by atoms with Gasteiger partial charge in [-0.25, -0.2) is 4.79 Å². The van der Waals surface area contributed by atoms with Crippen LogP contribution in [-0.2, 0) is 17.8 Å². The molecule has 1 aromatic heterocycles. The van der Waals surface area contributed by atoms with E-state index < -0.39 is 17.4 Å². The summed E-state index contributed by atoms with van der Waals surface area (Å²) >= 11 is 0. The van der Waals surface area contributed by atoms with E-state index in [4.69, 9.17) is 4.74 Å². The summed E-state index contributed by atoms with van der Waals surface area (Å²) in [5.74, 6) is 0. The van der Waals surface area contributed by atoms with Crippen LogP contribution in [0.2, 0.25) is 0 Å². The van der Waals surface area contributed by atoms with Gasteiger partial charge in [0.1, 0.15) is 0 Å². The molecule has 6 nitrogen and oxygen atoms in total. The van der Waals surface area contributed by atoms with Crippen LogP contribution in [-0.4, -0.2) is 27.8 Å². The largest absolute Gasteiger partial charge is 0.390 e. The zero-order valence-corrected chi connectivity index (χ0v) is 11.8. The summed E-state index contributed by atoms with van der Waals surface area (Å²) in [4.78, 5) is 27.3. The van der Waals surface area contributed by atoms with Gasteiger partial charge in [-0.05, 0) is 12.5 Å². The summed E-state index contributed by atoms with van der Waals surface area (Å²) in [6.45, 7) is 2.13. The molecular formula is C15H18N2O4. The number of aliphatic hydroxyl groups excluding tert-OH is 1. The highest BCUT2D eigenvalue weighted by Crippen LogP contribution is 2.04. The van der Waals surface area contributed by atoms with Gasteiger partial charge in [-0.3, -0.25) is 9.78 Å². The predicted molar refractivity (Wildman–Crippen MR) is 78.2 cm³/mol. The number of rotatable bonds is 6. The monoisotopic (exact) mass is 290 g/mol. The van der Waals surface area contributed by atoms with Crippen LogP contribution in [0.15, 0.2) is 39.9 Å². The number of aromatic nitrogens is 2. The summed E-state index contributed by atoms with van der Waals surface area (Å²) < 4.78 is 5.43. The molecule has 2 rings (SSSR count). The summed E-state index contributed by atoms with van der Waals surface area (Å²) in [7, 11) is 0. The molecule has 0 saturated carbocycles. The standard InChI is InChI=1S/C15H18N2O4/c1-10-13(16-15(20)17-14(10)19)7-12(18)9-21-8-11-5-3-2-4-6-11/h2-6,12,18H,7-9H2,1H3,(H2,16,17,19,20). The number of hydrogen-bond acceptors (Lipinski definition) is 4. The highest BCUT2D eigenvalue weighted by atomic mass is 16.5. The Balaban J connectivity index is 1.89. The first-order chi connectivity index (χ1) is 10.1. The Morgan fingerprint density at radius 3 is 2.62 bits per heavy atom. The quantitative estimate of drug-likeness (QED) is 0.721. The molecule has 2 aromatic rings. The van der Waals surface area contributed by atoms with Crippen molar-refractivity contribution in [3.63, 3.8) is 0 Å². The van der Waals surface area contributed by atoms with Gasteiger partial charge in [0.2, 0.25) is 0 Å². The summed E-state index contributed by atoms with van der Waals surface area (Å²) in [6.07, 6.45) is -0.621. The van der Waals surface area contributed by atoms with E-state index in [1.807, 2.05) is 30.3 Å². The molecule has 0 radical (unpaired) electrons. The number of aliphatic hydroxyl groups is 1. The first kappa shape index (κ1) is 15.2. The molecule has 1 heterocycles. The maximum absolute atomic E-state index is 11.5. The molecule has 112 valence electrons. The molecular weight excluding hydrogens is 272 g/mol. The lowest BCUT2D eigenvalue weighted by atomic mass is 10.1. The van der Waals surface area contributed by atoms with E-state index in [1.54, 1.807) is 6.92 Å². The molecule has 0 aliphatic rings. The predicted octanol–water partition coefficient (Wildman–Crippen LogP) is 0.492. The normalized spacial score (nSPS) is 12.3. The number of ether oxygens (including phenoxy) is 1. The third kappa shape index (κ3) is 4.40. The maximum atomic E-state index is 11.5. The number of hydrogen-bond donors (Lipinski definition) is 3. The minimum absolute atomic E-state index is 0.128. The zero-order chi connectivity index (χ0) is 15.2. The van der Waals surface area contributed by atoms with E-state index in [-0.39, 0.29) is 13.0 Å². The van der Waals surface area contributed by atoms with Crippen LogP contribution in [0.1, 0.15) is 16.8 Å². The molecule has 21 heavy (non-hydrogen) atoms. The molecule has 0 saturated heterocycles. The third-order valence-electron chi connectivity index (χ3n) is 3.15. The second kappa shape index (κ2) is 7.01. The Bertz CT molecular complexity index is 691. The molecule has 3 N–H and O–H groups in total. The van der Waals surface area contributed by atoms with Crippen molar-refractivity contribution in [2.75, 3.05) is 6.61 Å². The SMILES string of the molecule is Cc1c(CC(O)COCc2ccccc2)[nH]c(=O)[nH]c1=O. The van der Waals surface area contributed by atoms with E-state index in [9.17, 15) is 14.7 Å². The number of benzene rings is 1. The Hall–Kier alpha value is -2.18. The molecule has 0 aliphatic heterocycles. The van der Waals surface area contributed by atoms with Crippen LogP contribution in [0.5, 0.6) is 0 Å². The second-order valence-corrected chi connectivity index (χ2v) is 4.87. The van der Waals surface area contributed by atoms with E-state index in [2.05, 4.69) is 9.97 Å². The second-order valence-electron chi connectivity index (χ2n) is 4.87. The molecule has 1 aromatic carbocycles. The average Bonchev–Trinajstić information content (AvgIpc) is 2.45. The highest BCUT2D eigenvalue weighted by molar-refractivity contribution is 5.15. The lowest BCUT2D eigenvalue weighted by Gasteiger charge is -2.12. The zero-order valence-electron chi connectivity index (χ0n) is 11.8. The van der Waals surface area contributed by atoms with Gasteiger partial charge in [0.15, 0.2) is 0 Å². The van der Waals surface area contributed by atoms with Crippen LogP contribution >= 0.6 is 0 Å². The van der Waals surface area contributed by atoms with E-state index in [1.165, 1.54) is 0 Å². The molecule has 1 unspecified atom stereocenters. The average molecular weight is 290 g/mol. The van der Waals surface area contributed by atoms with Crippen molar-refractivity contribution in [2.24, 2.45) is 0 Å². The topological polar surface area (TPSA) is 95.2 Å². The minimum atomic E-state index is -0.787. The van der Waals surface area contributed by atoms with Crippen molar-refractivity contribution in [1.29, 1.82) is 0 Å². The molecule has 0 bridgehead atoms. The molecule has 0 amide bonds. The van der Waals surface area contributed by atoms with Crippen LogP contribution in [0.3, 0.4) is 0 Å². The Morgan fingerprint density at radius 2 is 1.90 bits per heavy atom. The van der Waals surface area contributed by atoms with Gasteiger partial charge >= 0.3 is 5.69 Å². The molecule has 1 atom stereocenters. The smallest absolute Gasteiger partial charge is 0.325 e. The first-order valence-corrected chi connectivity index (χ1v) is 6.68. The van der Waals surface area contributed by atoms with Crippen LogP contribution in [0, 0.1) is 6.92 Å². The van der Waals surface area contributed by atoms with Gasteiger partial charge in [-0.2, -0.15) is 0 Å². The van der Waals surface area contributed by atoms with Gasteiger partial charge in [-0.1, -0.05) is 30.3 Å². The van der Waals surface area contributed by atoms with Crippen LogP contribution in [0.4, 0.5) is 0 Å². The highest BCUT2D eigenvalue weighted by Gasteiger charge is 2.11. The van der Waals surface area contributed by atoms with Gasteiger partial charge < -0.3 is 14.8 Å². The Kier molecular flexibility index (Phi) is 5.08. The fourth-order valence-electron chi connectivity index (χ4n) is 1.98. The van der Waals surface area contributed by atoms with Crippen LogP contribution < -0.4 is 11.2 Å². The molecule has 0 aliphatic carbocycles. The lowest BCUT2D eigenvalue weighted by molar-refractivity contribution is 0.0283. The Labute approximate surface area is 121 Å². The van der Waals surface area contributed by atoms with Crippen molar-refractivity contribution in [1.82, 2.24) is 9.97 Å². The van der Waals surface area contributed by atoms with Crippen molar-refractivity contribution in [2.45, 2.75) is 26.1 Å². The number of nitrogens with one attached hydrogen (secondary N) is 2. The van der Waals surface area contributed by atoms with Crippen molar-refractivity contribution in [3.05, 3.63) is 68.0 Å². The fraction of sp³-hybridized carbons (Fsp3) is 0.333. The number of aromatic amines is 2. The van der Waals surface area contributed by atoms with Gasteiger partial charge in [0.25, 0.3) is 5.56 Å². The van der Waals surface area contributed by atoms with Crippen LogP contribution in [0.25, 0.3) is 0 Å². The summed E-state index contributed by atoms with van der Waals surface area (Å²) in [6, 6.07) is 9.62. The summed E-state index contributed by atoms with van der Waals surface area (Å²) in [5, 5.41) is 9.93. The lowest BCUT2D eigenvalue weighted by Crippen LogP contribution is -2.29. The summed E-state index contributed by atoms with van der Waals surface area (Å²) in [5.41, 5.74) is 0.839. The van der Waals surface area contributed by atoms with Gasteiger partial charge in [-0.15, -0.1) is 0 Å². The van der Waals surface area contributed by atoms with Crippen molar-refractivity contribution < 1.29 is 9.84 Å². The maximum Gasteiger partial charge on any atom is 0.325 e. The third-order valence-corrected chi connectivity index (χ3v) is 3.15. The molecule has 0 spiro atoms.